The Labute approximate surface area is 120 Å². The fourth-order valence-corrected chi connectivity index (χ4v) is 2.09. The normalized spacial score (nSPS) is 10.3. The number of nitrogens with two attached hydrogens (primary N) is 1. The molecule has 0 bridgehead atoms. The highest BCUT2D eigenvalue weighted by atomic mass is 16.5. The van der Waals surface area contributed by atoms with Crippen molar-refractivity contribution < 1.29 is 4.74 Å². The van der Waals surface area contributed by atoms with E-state index in [-0.39, 0.29) is 0 Å². The van der Waals surface area contributed by atoms with Crippen molar-refractivity contribution in [2.24, 2.45) is 0 Å². The maximum Gasteiger partial charge on any atom is 0.144 e. The molecular weight excluding hydrogens is 248 g/mol. The number of nitrogens with one attached hydrogen (secondary N) is 1. The molecule has 2 rings (SSSR count). The van der Waals surface area contributed by atoms with Gasteiger partial charge in [-0.1, -0.05) is 30.7 Å². The van der Waals surface area contributed by atoms with E-state index in [2.05, 4.69) is 44.3 Å². The van der Waals surface area contributed by atoms with Crippen molar-refractivity contribution in [3.63, 3.8) is 0 Å². The van der Waals surface area contributed by atoms with Crippen molar-refractivity contribution in [3.05, 3.63) is 47.5 Å². The van der Waals surface area contributed by atoms with Crippen LogP contribution in [-0.2, 0) is 0 Å². The molecule has 0 atom stereocenters. The van der Waals surface area contributed by atoms with Gasteiger partial charge in [-0.05, 0) is 44.0 Å². The first-order chi connectivity index (χ1) is 9.61. The van der Waals surface area contributed by atoms with Crippen LogP contribution in [0.5, 0.6) is 5.75 Å². The highest BCUT2D eigenvalue weighted by Crippen LogP contribution is 2.32. The molecule has 0 fully saturated rings. The summed E-state index contributed by atoms with van der Waals surface area (Å²) in [6.07, 6.45) is 0.966. The van der Waals surface area contributed by atoms with Crippen LogP contribution in [-0.4, -0.2) is 6.61 Å². The van der Waals surface area contributed by atoms with Crippen molar-refractivity contribution in [3.8, 4) is 5.75 Å². The fraction of sp³-hybridized carbons (Fsp3) is 0.294. The summed E-state index contributed by atoms with van der Waals surface area (Å²) in [4.78, 5) is 0. The zero-order valence-corrected chi connectivity index (χ0v) is 12.4. The second-order valence-electron chi connectivity index (χ2n) is 5.01. The topological polar surface area (TPSA) is 47.3 Å². The van der Waals surface area contributed by atoms with Gasteiger partial charge in [-0.25, -0.2) is 0 Å². The van der Waals surface area contributed by atoms with Crippen LogP contribution in [0.1, 0.15) is 24.5 Å². The van der Waals surface area contributed by atoms with E-state index in [4.69, 9.17) is 10.5 Å². The zero-order chi connectivity index (χ0) is 14.5. The maximum absolute atomic E-state index is 6.16. The van der Waals surface area contributed by atoms with Gasteiger partial charge in [0.25, 0.3) is 0 Å². The Morgan fingerprint density at radius 2 is 1.90 bits per heavy atom. The van der Waals surface area contributed by atoms with Gasteiger partial charge in [-0.2, -0.15) is 0 Å². The smallest absolute Gasteiger partial charge is 0.144 e. The lowest BCUT2D eigenvalue weighted by molar-refractivity contribution is 0.319. The van der Waals surface area contributed by atoms with Gasteiger partial charge in [0.05, 0.1) is 18.0 Å². The van der Waals surface area contributed by atoms with Gasteiger partial charge >= 0.3 is 0 Å². The Kier molecular flexibility index (Phi) is 4.51. The van der Waals surface area contributed by atoms with Gasteiger partial charge < -0.3 is 15.8 Å². The van der Waals surface area contributed by atoms with E-state index in [0.717, 1.165) is 23.5 Å². The van der Waals surface area contributed by atoms with Crippen molar-refractivity contribution in [1.82, 2.24) is 0 Å². The molecule has 0 heterocycles. The molecule has 2 aromatic rings. The van der Waals surface area contributed by atoms with Gasteiger partial charge in [0.1, 0.15) is 5.75 Å². The predicted octanol–water partition coefficient (Wildman–Crippen LogP) is 4.42. The van der Waals surface area contributed by atoms with Crippen LogP contribution in [0.25, 0.3) is 0 Å². The molecular formula is C17H22N2O. The lowest BCUT2D eigenvalue weighted by Crippen LogP contribution is -2.02. The molecule has 0 saturated carbocycles. The summed E-state index contributed by atoms with van der Waals surface area (Å²) < 4.78 is 5.65. The maximum atomic E-state index is 6.16. The third-order valence-electron chi connectivity index (χ3n) is 3.18. The molecule has 2 aromatic carbocycles. The summed E-state index contributed by atoms with van der Waals surface area (Å²) in [6, 6.07) is 12.1. The summed E-state index contributed by atoms with van der Waals surface area (Å²) >= 11 is 0. The second-order valence-corrected chi connectivity index (χ2v) is 5.01. The molecule has 0 radical (unpaired) electrons. The number of ether oxygens (including phenoxy) is 1. The second kappa shape index (κ2) is 6.33. The molecule has 0 aliphatic carbocycles. The van der Waals surface area contributed by atoms with Crippen molar-refractivity contribution >= 4 is 17.1 Å². The van der Waals surface area contributed by atoms with Gasteiger partial charge in [0.15, 0.2) is 0 Å². The molecule has 0 saturated heterocycles. The third kappa shape index (κ3) is 3.23. The minimum absolute atomic E-state index is 0.654. The van der Waals surface area contributed by atoms with Gasteiger partial charge in [-0.15, -0.1) is 0 Å². The van der Waals surface area contributed by atoms with E-state index < -0.39 is 0 Å². The summed E-state index contributed by atoms with van der Waals surface area (Å²) in [5.74, 6) is 0.738. The minimum Gasteiger partial charge on any atom is -0.491 e. The molecule has 0 aliphatic rings. The Morgan fingerprint density at radius 1 is 1.10 bits per heavy atom. The molecule has 20 heavy (non-hydrogen) atoms. The van der Waals surface area contributed by atoms with E-state index in [1.165, 1.54) is 11.1 Å². The number of benzene rings is 2. The van der Waals surface area contributed by atoms with Crippen LogP contribution in [0.4, 0.5) is 17.1 Å². The van der Waals surface area contributed by atoms with E-state index in [9.17, 15) is 0 Å². The number of para-hydroxylation sites is 1. The van der Waals surface area contributed by atoms with E-state index in [1.807, 2.05) is 18.2 Å². The molecule has 0 unspecified atom stereocenters. The van der Waals surface area contributed by atoms with Gasteiger partial charge in [0, 0.05) is 5.69 Å². The number of nitrogen functional groups attached to an aromatic ring is 1. The summed E-state index contributed by atoms with van der Waals surface area (Å²) in [6.45, 7) is 6.93. The van der Waals surface area contributed by atoms with Crippen molar-refractivity contribution in [1.29, 1.82) is 0 Å². The lowest BCUT2D eigenvalue weighted by atomic mass is 10.1. The van der Waals surface area contributed by atoms with E-state index in [1.54, 1.807) is 0 Å². The molecule has 0 aliphatic heterocycles. The largest absolute Gasteiger partial charge is 0.491 e. The highest BCUT2D eigenvalue weighted by molar-refractivity contribution is 5.78. The van der Waals surface area contributed by atoms with Crippen molar-refractivity contribution in [2.75, 3.05) is 17.7 Å². The monoisotopic (exact) mass is 270 g/mol. The van der Waals surface area contributed by atoms with Crippen LogP contribution < -0.4 is 15.8 Å². The summed E-state index contributed by atoms with van der Waals surface area (Å²) in [5.41, 5.74) is 11.2. The van der Waals surface area contributed by atoms with Crippen LogP contribution >= 0.6 is 0 Å². The lowest BCUT2D eigenvalue weighted by Gasteiger charge is -2.15. The molecule has 0 aromatic heterocycles. The van der Waals surface area contributed by atoms with Crippen LogP contribution in [0.2, 0.25) is 0 Å². The first kappa shape index (κ1) is 14.3. The molecule has 106 valence electrons. The molecule has 3 nitrogen and oxygen atoms in total. The SMILES string of the molecule is CCCOc1cccc(Nc2ccc(C)cc2C)c1N. The molecule has 0 spiro atoms. The van der Waals surface area contributed by atoms with Crippen LogP contribution in [0, 0.1) is 13.8 Å². The summed E-state index contributed by atoms with van der Waals surface area (Å²) in [5, 5.41) is 3.38. The first-order valence-corrected chi connectivity index (χ1v) is 6.97. The Bertz CT molecular complexity index is 594. The Morgan fingerprint density at radius 3 is 2.60 bits per heavy atom. The van der Waals surface area contributed by atoms with Crippen LogP contribution in [0.15, 0.2) is 36.4 Å². The zero-order valence-electron chi connectivity index (χ0n) is 12.4. The van der Waals surface area contributed by atoms with E-state index in [0.29, 0.717) is 12.3 Å². The van der Waals surface area contributed by atoms with Gasteiger partial charge in [-0.3, -0.25) is 0 Å². The summed E-state index contributed by atoms with van der Waals surface area (Å²) in [7, 11) is 0. The third-order valence-corrected chi connectivity index (χ3v) is 3.18. The number of hydrogen-bond acceptors (Lipinski definition) is 3. The van der Waals surface area contributed by atoms with Crippen LogP contribution in [0.3, 0.4) is 0 Å². The number of anilines is 3. The average Bonchev–Trinajstić information content (AvgIpc) is 2.42. The predicted molar refractivity (Wildman–Crippen MR) is 85.8 cm³/mol. The van der Waals surface area contributed by atoms with E-state index >= 15 is 0 Å². The quantitative estimate of drug-likeness (QED) is 0.791. The average molecular weight is 270 g/mol. The van der Waals surface area contributed by atoms with Gasteiger partial charge in [0.2, 0.25) is 0 Å². The molecule has 3 N–H and O–H groups in total. The molecule has 3 heteroatoms. The number of rotatable bonds is 5. The highest BCUT2D eigenvalue weighted by Gasteiger charge is 2.07. The number of hydrogen-bond donors (Lipinski definition) is 2. The van der Waals surface area contributed by atoms with Crippen molar-refractivity contribution in [2.45, 2.75) is 27.2 Å². The first-order valence-electron chi connectivity index (χ1n) is 6.97. The minimum atomic E-state index is 0.654. The standard InChI is InChI=1S/C17H22N2O/c1-4-10-20-16-7-5-6-15(17(16)18)19-14-9-8-12(2)11-13(14)3/h5-9,11,19H,4,10,18H2,1-3H3. The Balaban J connectivity index is 2.24. The number of aryl methyl sites for hydroxylation is 2. The fourth-order valence-electron chi connectivity index (χ4n) is 2.09. The molecule has 0 amide bonds. The Hall–Kier alpha value is -2.16.